The monoisotopic (exact) mass is 355 g/mol. The summed E-state index contributed by atoms with van der Waals surface area (Å²) in [6.45, 7) is 0.735. The maximum Gasteiger partial charge on any atom is 0.291 e. The van der Waals surface area contributed by atoms with Gasteiger partial charge in [0.2, 0.25) is 0 Å². The molecule has 1 N–H and O–H groups in total. The molecule has 0 saturated heterocycles. The van der Waals surface area contributed by atoms with Crippen LogP contribution < -0.4 is 10.9 Å². The minimum Gasteiger partial charge on any atom is -0.379 e. The number of hydrogen-bond donors (Lipinski definition) is 1. The maximum atomic E-state index is 12.6. The summed E-state index contributed by atoms with van der Waals surface area (Å²) in [4.78, 5) is 12.6. The van der Waals surface area contributed by atoms with Crippen LogP contribution in [0.3, 0.4) is 0 Å². The average molecular weight is 356 g/mol. The largest absolute Gasteiger partial charge is 0.379 e. The molecular formula is C15H22BrN3O2. The van der Waals surface area contributed by atoms with E-state index in [1.165, 1.54) is 19.3 Å². The van der Waals surface area contributed by atoms with E-state index in [0.717, 1.165) is 30.3 Å². The van der Waals surface area contributed by atoms with Crippen molar-refractivity contribution in [2.75, 3.05) is 12.4 Å². The summed E-state index contributed by atoms with van der Waals surface area (Å²) in [5, 5.41) is 7.64. The number of ether oxygens (including phenoxy) is 1. The number of nitrogens with one attached hydrogen (secondary N) is 1. The third kappa shape index (κ3) is 3.16. The molecular weight excluding hydrogens is 334 g/mol. The van der Waals surface area contributed by atoms with Crippen LogP contribution in [0.2, 0.25) is 0 Å². The highest BCUT2D eigenvalue weighted by molar-refractivity contribution is 9.10. The summed E-state index contributed by atoms with van der Waals surface area (Å²) in [7, 11) is 1.74. The van der Waals surface area contributed by atoms with Crippen molar-refractivity contribution in [3.05, 3.63) is 21.0 Å². The van der Waals surface area contributed by atoms with Crippen LogP contribution in [-0.2, 0) is 11.3 Å². The second-order valence-electron chi connectivity index (χ2n) is 6.11. The molecule has 116 valence electrons. The van der Waals surface area contributed by atoms with Gasteiger partial charge in [-0.3, -0.25) is 4.79 Å². The van der Waals surface area contributed by atoms with E-state index in [0.29, 0.717) is 11.6 Å². The van der Waals surface area contributed by atoms with E-state index < -0.39 is 0 Å². The zero-order valence-corrected chi connectivity index (χ0v) is 13.9. The van der Waals surface area contributed by atoms with Gasteiger partial charge >= 0.3 is 0 Å². The van der Waals surface area contributed by atoms with Crippen LogP contribution in [0.15, 0.2) is 15.5 Å². The van der Waals surface area contributed by atoms with Crippen LogP contribution in [0.4, 0.5) is 5.69 Å². The molecule has 0 radical (unpaired) electrons. The van der Waals surface area contributed by atoms with E-state index in [1.54, 1.807) is 18.0 Å². The van der Waals surface area contributed by atoms with Crippen molar-refractivity contribution in [2.45, 2.75) is 57.2 Å². The normalized spacial score (nSPS) is 25.8. The van der Waals surface area contributed by atoms with Crippen molar-refractivity contribution in [1.82, 2.24) is 9.78 Å². The van der Waals surface area contributed by atoms with Gasteiger partial charge in [-0.1, -0.05) is 6.42 Å². The van der Waals surface area contributed by atoms with Crippen LogP contribution in [0, 0.1) is 5.92 Å². The molecule has 2 aliphatic carbocycles. The van der Waals surface area contributed by atoms with Gasteiger partial charge in [0.1, 0.15) is 5.69 Å². The Balaban J connectivity index is 1.79. The molecule has 2 saturated carbocycles. The van der Waals surface area contributed by atoms with Crippen molar-refractivity contribution in [3.63, 3.8) is 0 Å². The summed E-state index contributed by atoms with van der Waals surface area (Å²) in [5.74, 6) is 0.613. The molecule has 0 amide bonds. The van der Waals surface area contributed by atoms with E-state index in [4.69, 9.17) is 4.74 Å². The van der Waals surface area contributed by atoms with Crippen molar-refractivity contribution in [3.8, 4) is 0 Å². The molecule has 2 fully saturated rings. The lowest BCUT2D eigenvalue weighted by molar-refractivity contribution is 0.101. The van der Waals surface area contributed by atoms with E-state index >= 15 is 0 Å². The van der Waals surface area contributed by atoms with Gasteiger partial charge in [0, 0.05) is 13.7 Å². The van der Waals surface area contributed by atoms with Gasteiger partial charge in [0.15, 0.2) is 0 Å². The standard InChI is InChI=1S/C15H22BrN3O2/c1-21-13-7-3-6-12(13)18-14-11(16)8-17-19(15(14)20)9-10-4-2-5-10/h8,10,12-13,18H,2-7,9H2,1H3. The molecule has 0 spiro atoms. The number of rotatable bonds is 5. The Hall–Kier alpha value is -0.880. The van der Waals surface area contributed by atoms with E-state index in [1.807, 2.05) is 0 Å². The molecule has 21 heavy (non-hydrogen) atoms. The average Bonchev–Trinajstić information content (AvgIpc) is 2.88. The van der Waals surface area contributed by atoms with Gasteiger partial charge in [-0.25, -0.2) is 4.68 Å². The van der Waals surface area contributed by atoms with E-state index in [2.05, 4.69) is 26.3 Å². The second kappa shape index (κ2) is 6.48. The topological polar surface area (TPSA) is 56.1 Å². The predicted molar refractivity (Wildman–Crippen MR) is 85.6 cm³/mol. The molecule has 3 rings (SSSR count). The maximum absolute atomic E-state index is 12.6. The van der Waals surface area contributed by atoms with Gasteiger partial charge < -0.3 is 10.1 Å². The Morgan fingerprint density at radius 1 is 1.38 bits per heavy atom. The van der Waals surface area contributed by atoms with Crippen molar-refractivity contribution >= 4 is 21.6 Å². The highest BCUT2D eigenvalue weighted by atomic mass is 79.9. The summed E-state index contributed by atoms with van der Waals surface area (Å²) in [5.41, 5.74) is 0.594. The van der Waals surface area contributed by atoms with Crippen LogP contribution in [0.1, 0.15) is 38.5 Å². The fourth-order valence-corrected chi connectivity index (χ4v) is 3.58. The number of halogens is 1. The molecule has 1 heterocycles. The van der Waals surface area contributed by atoms with Crippen molar-refractivity contribution in [1.29, 1.82) is 0 Å². The van der Waals surface area contributed by atoms with Gasteiger partial charge in [-0.15, -0.1) is 0 Å². The Morgan fingerprint density at radius 2 is 2.14 bits per heavy atom. The number of anilines is 1. The second-order valence-corrected chi connectivity index (χ2v) is 6.96. The molecule has 5 nitrogen and oxygen atoms in total. The highest BCUT2D eigenvalue weighted by Gasteiger charge is 2.28. The quantitative estimate of drug-likeness (QED) is 0.882. The molecule has 1 aromatic heterocycles. The van der Waals surface area contributed by atoms with Crippen molar-refractivity contribution < 1.29 is 4.74 Å². The Kier molecular flexibility index (Phi) is 4.64. The van der Waals surface area contributed by atoms with Crippen LogP contribution in [0.5, 0.6) is 0 Å². The lowest BCUT2D eigenvalue weighted by Gasteiger charge is -2.26. The molecule has 2 aliphatic rings. The number of aromatic nitrogens is 2. The first-order chi connectivity index (χ1) is 10.2. The first-order valence-electron chi connectivity index (χ1n) is 7.74. The third-order valence-electron chi connectivity index (χ3n) is 4.74. The molecule has 6 heteroatoms. The fourth-order valence-electron chi connectivity index (χ4n) is 3.21. The molecule has 2 unspecified atom stereocenters. The van der Waals surface area contributed by atoms with Crippen LogP contribution in [-0.4, -0.2) is 29.0 Å². The van der Waals surface area contributed by atoms with Gasteiger partial charge in [0.05, 0.1) is 22.8 Å². The summed E-state index contributed by atoms with van der Waals surface area (Å²) < 4.78 is 7.83. The Bertz CT molecular complexity index is 556. The van der Waals surface area contributed by atoms with E-state index in [-0.39, 0.29) is 17.7 Å². The highest BCUT2D eigenvalue weighted by Crippen LogP contribution is 2.29. The molecule has 0 aliphatic heterocycles. The molecule has 2 atom stereocenters. The third-order valence-corrected chi connectivity index (χ3v) is 5.34. The summed E-state index contributed by atoms with van der Waals surface area (Å²) >= 11 is 3.45. The van der Waals surface area contributed by atoms with Gasteiger partial charge in [-0.2, -0.15) is 5.10 Å². The van der Waals surface area contributed by atoms with Crippen LogP contribution >= 0.6 is 15.9 Å². The molecule has 1 aromatic rings. The predicted octanol–water partition coefficient (Wildman–Crippen LogP) is 2.79. The Labute approximate surface area is 133 Å². The number of nitrogens with zero attached hydrogens (tertiary/aromatic N) is 2. The first kappa shape index (κ1) is 15.0. The van der Waals surface area contributed by atoms with Gasteiger partial charge in [-0.05, 0) is 54.0 Å². The smallest absolute Gasteiger partial charge is 0.291 e. The molecule has 0 aromatic carbocycles. The van der Waals surface area contributed by atoms with Crippen LogP contribution in [0.25, 0.3) is 0 Å². The Morgan fingerprint density at radius 3 is 2.81 bits per heavy atom. The molecule has 0 bridgehead atoms. The van der Waals surface area contributed by atoms with E-state index in [9.17, 15) is 4.79 Å². The lowest BCUT2D eigenvalue weighted by atomic mass is 9.85. The van der Waals surface area contributed by atoms with Crippen molar-refractivity contribution in [2.24, 2.45) is 5.92 Å². The summed E-state index contributed by atoms with van der Waals surface area (Å²) in [6.07, 6.45) is 8.82. The summed E-state index contributed by atoms with van der Waals surface area (Å²) in [6, 6.07) is 0.207. The number of methoxy groups -OCH3 is 1. The number of hydrogen-bond acceptors (Lipinski definition) is 4. The minimum absolute atomic E-state index is 0.0296. The first-order valence-corrected chi connectivity index (χ1v) is 8.53. The minimum atomic E-state index is -0.0296. The fraction of sp³-hybridized carbons (Fsp3) is 0.733. The van der Waals surface area contributed by atoms with Gasteiger partial charge in [0.25, 0.3) is 5.56 Å². The zero-order valence-electron chi connectivity index (χ0n) is 12.3. The zero-order chi connectivity index (χ0) is 14.8. The lowest BCUT2D eigenvalue weighted by Crippen LogP contribution is -2.36. The SMILES string of the molecule is COC1CCCC1Nc1c(Br)cnn(CC2CCC2)c1=O.